The molecule has 4 nitrogen and oxygen atoms in total. The molecule has 0 aliphatic rings. The number of aryl methyl sites for hydroxylation is 1. The van der Waals surface area contributed by atoms with Gasteiger partial charge in [-0.3, -0.25) is 4.79 Å². The van der Waals surface area contributed by atoms with Crippen molar-refractivity contribution in [3.8, 4) is 5.75 Å². The van der Waals surface area contributed by atoms with Crippen LogP contribution in [0.5, 0.6) is 5.75 Å². The lowest BCUT2D eigenvalue weighted by Crippen LogP contribution is -2.35. The molecule has 0 aliphatic carbocycles. The molecule has 1 aromatic carbocycles. The van der Waals surface area contributed by atoms with Crippen LogP contribution >= 0.6 is 11.6 Å². The summed E-state index contributed by atoms with van der Waals surface area (Å²) in [5, 5.41) is 9.50. The molecule has 0 saturated carbocycles. The van der Waals surface area contributed by atoms with Crippen molar-refractivity contribution in [2.24, 2.45) is 0 Å². The minimum Gasteiger partial charge on any atom is -0.492 e. The molecule has 5 heteroatoms. The summed E-state index contributed by atoms with van der Waals surface area (Å²) in [7, 11) is 3.67. The molecule has 1 N–H and O–H groups in total. The Morgan fingerprint density at radius 2 is 2.17 bits per heavy atom. The van der Waals surface area contributed by atoms with Crippen molar-refractivity contribution in [2.75, 3.05) is 20.7 Å². The zero-order chi connectivity index (χ0) is 13.7. The van der Waals surface area contributed by atoms with Crippen molar-refractivity contribution in [3.63, 3.8) is 0 Å². The van der Waals surface area contributed by atoms with Crippen LogP contribution in [0.25, 0.3) is 0 Å². The third-order valence-corrected chi connectivity index (χ3v) is 3.14. The molecule has 0 fully saturated rings. The van der Waals surface area contributed by atoms with Crippen LogP contribution in [0.4, 0.5) is 0 Å². The molecular weight excluding hydrogens is 254 g/mol. The summed E-state index contributed by atoms with van der Waals surface area (Å²) < 4.78 is 5.60. The van der Waals surface area contributed by atoms with E-state index < -0.39 is 5.97 Å². The van der Waals surface area contributed by atoms with E-state index in [1.807, 2.05) is 32.0 Å². The van der Waals surface area contributed by atoms with Gasteiger partial charge >= 0.3 is 5.97 Å². The second-order valence-corrected chi connectivity index (χ2v) is 4.84. The van der Waals surface area contributed by atoms with Gasteiger partial charge in [0.25, 0.3) is 0 Å². The second kappa shape index (κ2) is 6.61. The van der Waals surface area contributed by atoms with Gasteiger partial charge in [0.1, 0.15) is 12.4 Å². The van der Waals surface area contributed by atoms with Gasteiger partial charge < -0.3 is 14.7 Å². The minimum absolute atomic E-state index is 0.0551. The monoisotopic (exact) mass is 271 g/mol. The number of rotatable bonds is 6. The highest BCUT2D eigenvalue weighted by Gasteiger charge is 2.16. The quantitative estimate of drug-likeness (QED) is 0.863. The highest BCUT2D eigenvalue weighted by atomic mass is 35.5. The van der Waals surface area contributed by atoms with E-state index in [-0.39, 0.29) is 12.5 Å². The van der Waals surface area contributed by atoms with Gasteiger partial charge in [0.15, 0.2) is 0 Å². The lowest BCUT2D eigenvalue weighted by molar-refractivity contribution is -0.138. The summed E-state index contributed by atoms with van der Waals surface area (Å²) in [5.41, 5.74) is 0.939. The molecule has 1 unspecified atom stereocenters. The fourth-order valence-electron chi connectivity index (χ4n) is 1.49. The molecule has 100 valence electrons. The van der Waals surface area contributed by atoms with Gasteiger partial charge in [0.05, 0.1) is 12.5 Å². The molecule has 0 bridgehead atoms. The fraction of sp³-hybridized carbons (Fsp3) is 0.462. The number of carboxylic acids is 1. The van der Waals surface area contributed by atoms with E-state index >= 15 is 0 Å². The number of aliphatic carboxylic acids is 1. The highest BCUT2D eigenvalue weighted by molar-refractivity contribution is 6.31. The average molecular weight is 272 g/mol. The molecule has 0 saturated heterocycles. The maximum Gasteiger partial charge on any atom is 0.305 e. The lowest BCUT2D eigenvalue weighted by atomic mass is 10.2. The Kier molecular flexibility index (Phi) is 5.44. The summed E-state index contributed by atoms with van der Waals surface area (Å²) in [4.78, 5) is 12.6. The third kappa shape index (κ3) is 4.55. The number of carboxylic acid groups (broad SMARTS) is 1. The van der Waals surface area contributed by atoms with Crippen LogP contribution in [0.15, 0.2) is 18.2 Å². The predicted octanol–water partition coefficient (Wildman–Crippen LogP) is 2.43. The third-order valence-electron chi connectivity index (χ3n) is 2.71. The number of hydrogen-bond acceptors (Lipinski definition) is 3. The minimum atomic E-state index is -0.829. The topological polar surface area (TPSA) is 49.8 Å². The first-order chi connectivity index (χ1) is 8.40. The van der Waals surface area contributed by atoms with Gasteiger partial charge in [0, 0.05) is 5.02 Å². The molecule has 0 spiro atoms. The molecule has 1 atom stereocenters. The van der Waals surface area contributed by atoms with Gasteiger partial charge in [-0.2, -0.15) is 0 Å². The first-order valence-electron chi connectivity index (χ1n) is 5.67. The molecule has 0 amide bonds. The zero-order valence-corrected chi connectivity index (χ0v) is 11.6. The van der Waals surface area contributed by atoms with E-state index in [0.717, 1.165) is 5.56 Å². The van der Waals surface area contributed by atoms with Crippen LogP contribution in [0.3, 0.4) is 0 Å². The zero-order valence-electron chi connectivity index (χ0n) is 10.8. The summed E-state index contributed by atoms with van der Waals surface area (Å²) in [6, 6.07) is 5.24. The van der Waals surface area contributed by atoms with Gasteiger partial charge in [-0.25, -0.2) is 0 Å². The van der Waals surface area contributed by atoms with E-state index in [1.54, 1.807) is 12.1 Å². The Balaban J connectivity index is 2.61. The molecule has 0 radical (unpaired) electrons. The predicted molar refractivity (Wildman–Crippen MR) is 71.4 cm³/mol. The molecule has 18 heavy (non-hydrogen) atoms. The number of carbonyl (C=O) groups is 1. The Bertz CT molecular complexity index is 421. The van der Waals surface area contributed by atoms with Crippen molar-refractivity contribution in [3.05, 3.63) is 28.8 Å². The van der Waals surface area contributed by atoms with E-state index in [4.69, 9.17) is 21.4 Å². The fourth-order valence-corrected chi connectivity index (χ4v) is 1.61. The van der Waals surface area contributed by atoms with Gasteiger partial charge in [-0.1, -0.05) is 11.6 Å². The Labute approximate surface area is 112 Å². The number of likely N-dealkylation sites (N-methyl/N-ethyl adjacent to an activating group) is 1. The Hall–Kier alpha value is -1.26. The second-order valence-electron chi connectivity index (χ2n) is 4.44. The molecule has 1 aromatic rings. The van der Waals surface area contributed by atoms with Crippen molar-refractivity contribution in [2.45, 2.75) is 19.4 Å². The molecule has 1 rings (SSSR count). The number of benzene rings is 1. The summed E-state index contributed by atoms with van der Waals surface area (Å²) in [5.74, 6) is -0.126. The summed E-state index contributed by atoms with van der Waals surface area (Å²) >= 11 is 5.92. The van der Waals surface area contributed by atoms with Crippen LogP contribution in [-0.4, -0.2) is 42.7 Å². The lowest BCUT2D eigenvalue weighted by Gasteiger charge is -2.22. The van der Waals surface area contributed by atoms with E-state index in [9.17, 15) is 4.79 Å². The Morgan fingerprint density at radius 1 is 1.50 bits per heavy atom. The first kappa shape index (κ1) is 14.8. The van der Waals surface area contributed by atoms with Crippen molar-refractivity contribution < 1.29 is 14.6 Å². The van der Waals surface area contributed by atoms with E-state index in [2.05, 4.69) is 0 Å². The average Bonchev–Trinajstić information content (AvgIpc) is 2.28. The molecule has 0 heterocycles. The Morgan fingerprint density at radius 3 is 2.67 bits per heavy atom. The highest BCUT2D eigenvalue weighted by Crippen LogP contribution is 2.21. The van der Waals surface area contributed by atoms with Crippen LogP contribution in [0, 0.1) is 6.92 Å². The standard InChI is InChI=1S/C13H18ClNO3/c1-9-6-11(4-5-12(9)14)18-8-10(15(2)3)7-13(16)17/h4-6,10H,7-8H2,1-3H3,(H,16,17). The summed E-state index contributed by atoms with van der Waals surface area (Å²) in [6.07, 6.45) is 0.0551. The van der Waals surface area contributed by atoms with Crippen LogP contribution in [0.2, 0.25) is 5.02 Å². The van der Waals surface area contributed by atoms with E-state index in [1.165, 1.54) is 0 Å². The van der Waals surface area contributed by atoms with Gasteiger partial charge in [-0.05, 0) is 44.8 Å². The van der Waals surface area contributed by atoms with E-state index in [0.29, 0.717) is 17.4 Å². The smallest absolute Gasteiger partial charge is 0.305 e. The SMILES string of the molecule is Cc1cc(OCC(CC(=O)O)N(C)C)ccc1Cl. The van der Waals surface area contributed by atoms with Gasteiger partial charge in [0.2, 0.25) is 0 Å². The van der Waals surface area contributed by atoms with Crippen LogP contribution < -0.4 is 4.74 Å². The van der Waals surface area contributed by atoms with Crippen molar-refractivity contribution >= 4 is 17.6 Å². The maximum absolute atomic E-state index is 10.7. The first-order valence-corrected chi connectivity index (χ1v) is 6.05. The molecule has 0 aromatic heterocycles. The van der Waals surface area contributed by atoms with Crippen LogP contribution in [0.1, 0.15) is 12.0 Å². The number of halogens is 1. The largest absolute Gasteiger partial charge is 0.492 e. The van der Waals surface area contributed by atoms with Crippen molar-refractivity contribution in [1.29, 1.82) is 0 Å². The molecule has 0 aliphatic heterocycles. The normalized spacial score (nSPS) is 12.5. The van der Waals surface area contributed by atoms with Crippen molar-refractivity contribution in [1.82, 2.24) is 4.90 Å². The number of hydrogen-bond donors (Lipinski definition) is 1. The van der Waals surface area contributed by atoms with Crippen LogP contribution in [-0.2, 0) is 4.79 Å². The van der Waals surface area contributed by atoms with Gasteiger partial charge in [-0.15, -0.1) is 0 Å². The number of ether oxygens (including phenoxy) is 1. The number of nitrogens with zero attached hydrogens (tertiary/aromatic N) is 1. The summed E-state index contributed by atoms with van der Waals surface area (Å²) in [6.45, 7) is 2.23. The molecular formula is C13H18ClNO3. The maximum atomic E-state index is 10.7.